The van der Waals surface area contributed by atoms with Crippen LogP contribution in [0.4, 0.5) is 8.78 Å². The Kier molecular flexibility index (Phi) is 4.67. The first-order valence-electron chi connectivity index (χ1n) is 6.54. The molecule has 20 heavy (non-hydrogen) atoms. The van der Waals surface area contributed by atoms with Crippen LogP contribution in [0.3, 0.4) is 0 Å². The van der Waals surface area contributed by atoms with Gasteiger partial charge in [-0.25, -0.2) is 8.78 Å². The number of halogens is 2. The fraction of sp³-hybridized carbons (Fsp3) is 0.500. The van der Waals surface area contributed by atoms with Gasteiger partial charge in [-0.05, 0) is 26.1 Å². The lowest BCUT2D eigenvalue weighted by Gasteiger charge is -2.21. The van der Waals surface area contributed by atoms with Crippen molar-refractivity contribution in [3.8, 4) is 0 Å². The van der Waals surface area contributed by atoms with Gasteiger partial charge in [0.25, 0.3) is 0 Å². The average Bonchev–Trinajstić information content (AvgIpc) is 2.86. The van der Waals surface area contributed by atoms with E-state index in [0.717, 1.165) is 0 Å². The number of ether oxygens (including phenoxy) is 1. The third-order valence-corrected chi connectivity index (χ3v) is 3.58. The maximum Gasteiger partial charge on any atom is 0.227 e. The molecule has 0 bridgehead atoms. The minimum absolute atomic E-state index is 0.0762. The molecule has 2 rings (SSSR count). The average molecular weight is 284 g/mol. The fourth-order valence-electron chi connectivity index (χ4n) is 2.41. The van der Waals surface area contributed by atoms with Gasteiger partial charge in [0.2, 0.25) is 5.91 Å². The topological polar surface area (TPSA) is 50.4 Å². The summed E-state index contributed by atoms with van der Waals surface area (Å²) in [7, 11) is 1.75. The molecule has 4 nitrogen and oxygen atoms in total. The fourth-order valence-corrected chi connectivity index (χ4v) is 2.41. The predicted molar refractivity (Wildman–Crippen MR) is 70.1 cm³/mol. The van der Waals surface area contributed by atoms with E-state index in [1.54, 1.807) is 14.0 Å². The molecule has 0 radical (unpaired) electrons. The molecule has 1 saturated heterocycles. The summed E-state index contributed by atoms with van der Waals surface area (Å²) in [6.07, 6.45) is 0. The van der Waals surface area contributed by atoms with Crippen molar-refractivity contribution in [3.63, 3.8) is 0 Å². The molecule has 0 aromatic heterocycles. The monoisotopic (exact) mass is 284 g/mol. The van der Waals surface area contributed by atoms with Crippen LogP contribution in [0.2, 0.25) is 0 Å². The first-order chi connectivity index (χ1) is 9.54. The molecule has 3 atom stereocenters. The molecule has 110 valence electrons. The molecular weight excluding hydrogens is 266 g/mol. The van der Waals surface area contributed by atoms with Gasteiger partial charge in [-0.3, -0.25) is 4.79 Å². The van der Waals surface area contributed by atoms with E-state index in [2.05, 4.69) is 10.6 Å². The number of rotatable bonds is 4. The number of amides is 1. The zero-order valence-corrected chi connectivity index (χ0v) is 11.5. The molecule has 1 aromatic carbocycles. The Morgan fingerprint density at radius 3 is 2.60 bits per heavy atom. The Bertz CT molecular complexity index is 476. The number of carbonyl (C=O) groups excluding carboxylic acids is 1. The normalized spacial score (nSPS) is 23.6. The maximum atomic E-state index is 13.6. The summed E-state index contributed by atoms with van der Waals surface area (Å²) in [6.45, 7) is 2.32. The van der Waals surface area contributed by atoms with Crippen LogP contribution in [0.5, 0.6) is 0 Å². The van der Waals surface area contributed by atoms with Crippen LogP contribution in [-0.4, -0.2) is 32.2 Å². The van der Waals surface area contributed by atoms with Gasteiger partial charge in [-0.2, -0.15) is 0 Å². The summed E-state index contributed by atoms with van der Waals surface area (Å²) >= 11 is 0. The van der Waals surface area contributed by atoms with Crippen molar-refractivity contribution in [1.82, 2.24) is 10.6 Å². The second kappa shape index (κ2) is 6.28. The first kappa shape index (κ1) is 14.9. The van der Waals surface area contributed by atoms with E-state index in [1.807, 2.05) is 0 Å². The molecule has 0 spiro atoms. The van der Waals surface area contributed by atoms with Crippen LogP contribution < -0.4 is 10.6 Å². The summed E-state index contributed by atoms with van der Waals surface area (Å²) < 4.78 is 32.5. The van der Waals surface area contributed by atoms with Crippen molar-refractivity contribution < 1.29 is 18.3 Å². The molecule has 0 aliphatic carbocycles. The molecule has 6 heteroatoms. The number of likely N-dealkylation sites (N-methyl/N-ethyl adjacent to an activating group) is 1. The Hall–Kier alpha value is -1.53. The third-order valence-electron chi connectivity index (χ3n) is 3.58. The van der Waals surface area contributed by atoms with Crippen LogP contribution in [0.1, 0.15) is 18.5 Å². The minimum Gasteiger partial charge on any atom is -0.379 e. The number of hydrogen-bond donors (Lipinski definition) is 2. The molecule has 2 N–H and O–H groups in total. The van der Waals surface area contributed by atoms with Gasteiger partial charge < -0.3 is 15.4 Å². The zero-order chi connectivity index (χ0) is 14.7. The highest BCUT2D eigenvalue weighted by molar-refractivity contribution is 5.80. The standard InChI is InChI=1S/C14H18F2N2O2/c1-8(13-10(15)4-3-5-11(13)16)18-14(19)9-6-20-7-12(9)17-2/h3-5,8-9,12,17H,6-7H2,1-2H3,(H,18,19). The second-order valence-corrected chi connectivity index (χ2v) is 4.90. The molecule has 0 saturated carbocycles. The van der Waals surface area contributed by atoms with E-state index < -0.39 is 17.7 Å². The lowest BCUT2D eigenvalue weighted by atomic mass is 10.0. The van der Waals surface area contributed by atoms with Crippen molar-refractivity contribution in [3.05, 3.63) is 35.4 Å². The number of carbonyl (C=O) groups is 1. The summed E-state index contributed by atoms with van der Waals surface area (Å²) in [4.78, 5) is 12.1. The Labute approximate surface area is 116 Å². The highest BCUT2D eigenvalue weighted by Crippen LogP contribution is 2.22. The van der Waals surface area contributed by atoms with Gasteiger partial charge in [0, 0.05) is 11.6 Å². The van der Waals surface area contributed by atoms with Crippen LogP contribution in [0.15, 0.2) is 18.2 Å². The van der Waals surface area contributed by atoms with E-state index in [1.165, 1.54) is 18.2 Å². The lowest BCUT2D eigenvalue weighted by Crippen LogP contribution is -2.43. The van der Waals surface area contributed by atoms with Gasteiger partial charge in [0.1, 0.15) is 11.6 Å². The summed E-state index contributed by atoms with van der Waals surface area (Å²) in [5.74, 6) is -1.94. The second-order valence-electron chi connectivity index (χ2n) is 4.90. The molecular formula is C14H18F2N2O2. The molecule has 1 fully saturated rings. The van der Waals surface area contributed by atoms with Gasteiger partial charge >= 0.3 is 0 Å². The van der Waals surface area contributed by atoms with Crippen molar-refractivity contribution in [1.29, 1.82) is 0 Å². The van der Waals surface area contributed by atoms with Gasteiger partial charge in [-0.15, -0.1) is 0 Å². The van der Waals surface area contributed by atoms with E-state index in [9.17, 15) is 13.6 Å². The Balaban J connectivity index is 2.08. The van der Waals surface area contributed by atoms with Crippen molar-refractivity contribution in [2.45, 2.75) is 19.0 Å². The quantitative estimate of drug-likeness (QED) is 0.878. The van der Waals surface area contributed by atoms with Gasteiger partial charge in [0.05, 0.1) is 25.2 Å². The zero-order valence-electron chi connectivity index (χ0n) is 11.5. The van der Waals surface area contributed by atoms with Crippen molar-refractivity contribution >= 4 is 5.91 Å². The van der Waals surface area contributed by atoms with Crippen LogP contribution in [-0.2, 0) is 9.53 Å². The largest absolute Gasteiger partial charge is 0.379 e. The van der Waals surface area contributed by atoms with Gasteiger partial charge in [-0.1, -0.05) is 6.07 Å². The van der Waals surface area contributed by atoms with E-state index in [-0.39, 0.29) is 23.4 Å². The van der Waals surface area contributed by atoms with E-state index in [0.29, 0.717) is 13.2 Å². The van der Waals surface area contributed by atoms with Crippen LogP contribution in [0.25, 0.3) is 0 Å². The van der Waals surface area contributed by atoms with Crippen molar-refractivity contribution in [2.75, 3.05) is 20.3 Å². The smallest absolute Gasteiger partial charge is 0.227 e. The minimum atomic E-state index is -0.734. The van der Waals surface area contributed by atoms with Crippen molar-refractivity contribution in [2.24, 2.45) is 5.92 Å². The highest BCUT2D eigenvalue weighted by Gasteiger charge is 2.34. The van der Waals surface area contributed by atoms with Crippen LogP contribution >= 0.6 is 0 Å². The Morgan fingerprint density at radius 1 is 1.35 bits per heavy atom. The SMILES string of the molecule is CNC1COCC1C(=O)NC(C)c1c(F)cccc1F. The van der Waals surface area contributed by atoms with E-state index >= 15 is 0 Å². The van der Waals surface area contributed by atoms with E-state index in [4.69, 9.17) is 4.74 Å². The first-order valence-corrected chi connectivity index (χ1v) is 6.54. The molecule has 3 unspecified atom stereocenters. The summed E-state index contributed by atoms with van der Waals surface area (Å²) in [5, 5.41) is 5.64. The summed E-state index contributed by atoms with van der Waals surface area (Å²) in [5.41, 5.74) is -0.124. The van der Waals surface area contributed by atoms with Gasteiger partial charge in [0.15, 0.2) is 0 Å². The third kappa shape index (κ3) is 2.96. The Morgan fingerprint density at radius 2 is 2.00 bits per heavy atom. The number of benzene rings is 1. The molecule has 1 heterocycles. The maximum absolute atomic E-state index is 13.6. The number of nitrogens with one attached hydrogen (secondary N) is 2. The molecule has 1 aromatic rings. The lowest BCUT2D eigenvalue weighted by molar-refractivity contribution is -0.126. The summed E-state index contributed by atoms with van der Waals surface area (Å²) in [6, 6.07) is 2.84. The molecule has 1 aliphatic rings. The molecule has 1 aliphatic heterocycles. The number of hydrogen-bond acceptors (Lipinski definition) is 3. The highest BCUT2D eigenvalue weighted by atomic mass is 19.1. The van der Waals surface area contributed by atoms with Crippen LogP contribution in [0, 0.1) is 17.6 Å². The molecule has 1 amide bonds. The predicted octanol–water partition coefficient (Wildman–Crippen LogP) is 1.38.